The minimum Gasteiger partial charge on any atom is -0.361 e. The highest BCUT2D eigenvalue weighted by Crippen LogP contribution is 2.21. The molecule has 4 nitrogen and oxygen atoms in total. The summed E-state index contributed by atoms with van der Waals surface area (Å²) < 4.78 is 0. The Hall–Kier alpha value is -2.62. The average Bonchev–Trinajstić information content (AvgIpc) is 2.99. The molecule has 1 aromatic carbocycles. The zero-order chi connectivity index (χ0) is 16.1. The van der Waals surface area contributed by atoms with Crippen molar-refractivity contribution in [3.05, 3.63) is 65.6 Å². The maximum atomic E-state index is 11.9. The number of carbonyl (C=O) groups is 1. The largest absolute Gasteiger partial charge is 0.361 e. The Kier molecular flexibility index (Phi) is 4.71. The molecule has 0 aliphatic carbocycles. The first kappa shape index (κ1) is 15.3. The SMILES string of the molecule is Cc1cccc2c(CCNC(=O)CCc3ccccn3)c[nH]c12. The van der Waals surface area contributed by atoms with Gasteiger partial charge in [-0.15, -0.1) is 0 Å². The predicted molar refractivity (Wildman–Crippen MR) is 92.3 cm³/mol. The third-order valence-corrected chi connectivity index (χ3v) is 4.06. The van der Waals surface area contributed by atoms with E-state index in [1.807, 2.05) is 24.4 Å². The van der Waals surface area contributed by atoms with Gasteiger partial charge in [0.1, 0.15) is 0 Å². The molecule has 2 N–H and O–H groups in total. The van der Waals surface area contributed by atoms with Gasteiger partial charge in [0.2, 0.25) is 5.91 Å². The number of rotatable bonds is 6. The van der Waals surface area contributed by atoms with Crippen molar-refractivity contribution in [1.82, 2.24) is 15.3 Å². The molecule has 4 heteroatoms. The summed E-state index contributed by atoms with van der Waals surface area (Å²) in [6.07, 6.45) is 5.78. The summed E-state index contributed by atoms with van der Waals surface area (Å²) in [6.45, 7) is 2.75. The summed E-state index contributed by atoms with van der Waals surface area (Å²) in [4.78, 5) is 19.5. The van der Waals surface area contributed by atoms with Crippen LogP contribution in [0.4, 0.5) is 0 Å². The molecule has 3 aromatic rings. The average molecular weight is 307 g/mol. The molecule has 0 aliphatic rings. The topological polar surface area (TPSA) is 57.8 Å². The lowest BCUT2D eigenvalue weighted by molar-refractivity contribution is -0.121. The number of aromatic nitrogens is 2. The first-order valence-electron chi connectivity index (χ1n) is 7.96. The van der Waals surface area contributed by atoms with Crippen molar-refractivity contribution in [1.29, 1.82) is 0 Å². The van der Waals surface area contributed by atoms with Gasteiger partial charge in [0.25, 0.3) is 0 Å². The van der Waals surface area contributed by atoms with Crippen LogP contribution in [0, 0.1) is 6.92 Å². The molecule has 0 saturated carbocycles. The zero-order valence-corrected chi connectivity index (χ0v) is 13.3. The fourth-order valence-corrected chi connectivity index (χ4v) is 2.78. The summed E-state index contributed by atoms with van der Waals surface area (Å²) in [5, 5.41) is 4.23. The normalized spacial score (nSPS) is 10.8. The molecule has 0 unspecified atom stereocenters. The Bertz CT molecular complexity index is 793. The van der Waals surface area contributed by atoms with Crippen LogP contribution in [0.2, 0.25) is 0 Å². The fourth-order valence-electron chi connectivity index (χ4n) is 2.78. The molecule has 2 heterocycles. The summed E-state index contributed by atoms with van der Waals surface area (Å²) >= 11 is 0. The summed E-state index contributed by atoms with van der Waals surface area (Å²) in [5.74, 6) is 0.0756. The van der Waals surface area contributed by atoms with Crippen LogP contribution in [-0.2, 0) is 17.6 Å². The maximum Gasteiger partial charge on any atom is 0.220 e. The number of hydrogen-bond donors (Lipinski definition) is 2. The minimum atomic E-state index is 0.0756. The second kappa shape index (κ2) is 7.09. The predicted octanol–water partition coefficient (Wildman–Crippen LogP) is 3.16. The van der Waals surface area contributed by atoms with E-state index in [1.165, 1.54) is 22.0 Å². The number of fused-ring (bicyclic) bond motifs is 1. The number of carbonyl (C=O) groups excluding carboxylic acids is 1. The molecule has 0 bridgehead atoms. The van der Waals surface area contributed by atoms with Crippen molar-refractivity contribution in [2.24, 2.45) is 0 Å². The smallest absolute Gasteiger partial charge is 0.220 e. The van der Waals surface area contributed by atoms with E-state index in [0.717, 1.165) is 12.1 Å². The maximum absolute atomic E-state index is 11.9. The highest BCUT2D eigenvalue weighted by molar-refractivity contribution is 5.86. The summed E-state index contributed by atoms with van der Waals surface area (Å²) in [5.41, 5.74) is 4.63. The van der Waals surface area contributed by atoms with Crippen LogP contribution < -0.4 is 5.32 Å². The van der Waals surface area contributed by atoms with E-state index in [1.54, 1.807) is 6.20 Å². The van der Waals surface area contributed by atoms with Crippen LogP contribution in [0.1, 0.15) is 23.2 Å². The second-order valence-electron chi connectivity index (χ2n) is 5.73. The van der Waals surface area contributed by atoms with Crippen LogP contribution >= 0.6 is 0 Å². The van der Waals surface area contributed by atoms with E-state index in [-0.39, 0.29) is 5.91 Å². The van der Waals surface area contributed by atoms with Crippen LogP contribution in [0.15, 0.2) is 48.8 Å². The molecule has 2 aromatic heterocycles. The first-order valence-corrected chi connectivity index (χ1v) is 7.96. The van der Waals surface area contributed by atoms with E-state index in [9.17, 15) is 4.79 Å². The Labute approximate surface area is 136 Å². The standard InChI is InChI=1S/C19H21N3O/c1-14-5-4-7-17-15(13-22-19(14)17)10-12-21-18(23)9-8-16-6-2-3-11-20-16/h2-7,11,13,22H,8-10,12H2,1H3,(H,21,23). The molecule has 0 aliphatic heterocycles. The van der Waals surface area contributed by atoms with Crippen LogP contribution in [0.3, 0.4) is 0 Å². The summed E-state index contributed by atoms with van der Waals surface area (Å²) in [6, 6.07) is 12.1. The number of nitrogens with one attached hydrogen (secondary N) is 2. The lowest BCUT2D eigenvalue weighted by Gasteiger charge is -2.05. The van der Waals surface area contributed by atoms with Gasteiger partial charge < -0.3 is 10.3 Å². The van der Waals surface area contributed by atoms with Crippen molar-refractivity contribution in [2.75, 3.05) is 6.54 Å². The Morgan fingerprint density at radius 3 is 2.91 bits per heavy atom. The third kappa shape index (κ3) is 3.77. The van der Waals surface area contributed by atoms with E-state index in [0.29, 0.717) is 19.4 Å². The molecular formula is C19H21N3O. The van der Waals surface area contributed by atoms with Gasteiger partial charge in [-0.1, -0.05) is 24.3 Å². The Morgan fingerprint density at radius 2 is 2.09 bits per heavy atom. The number of para-hydroxylation sites is 1. The van der Waals surface area contributed by atoms with Crippen molar-refractivity contribution >= 4 is 16.8 Å². The van der Waals surface area contributed by atoms with Crippen LogP contribution in [0.25, 0.3) is 10.9 Å². The lowest BCUT2D eigenvalue weighted by atomic mass is 10.1. The lowest BCUT2D eigenvalue weighted by Crippen LogP contribution is -2.25. The number of aryl methyl sites for hydroxylation is 2. The van der Waals surface area contributed by atoms with E-state index in [2.05, 4.69) is 40.4 Å². The van der Waals surface area contributed by atoms with Crippen LogP contribution in [0.5, 0.6) is 0 Å². The zero-order valence-electron chi connectivity index (χ0n) is 13.3. The number of amides is 1. The van der Waals surface area contributed by atoms with Crippen molar-refractivity contribution in [3.63, 3.8) is 0 Å². The van der Waals surface area contributed by atoms with Crippen molar-refractivity contribution < 1.29 is 4.79 Å². The number of nitrogens with zero attached hydrogens (tertiary/aromatic N) is 1. The Balaban J connectivity index is 1.49. The Morgan fingerprint density at radius 1 is 1.17 bits per heavy atom. The minimum absolute atomic E-state index is 0.0756. The van der Waals surface area contributed by atoms with E-state index >= 15 is 0 Å². The summed E-state index contributed by atoms with van der Waals surface area (Å²) in [7, 11) is 0. The number of aromatic amines is 1. The second-order valence-corrected chi connectivity index (χ2v) is 5.73. The van der Waals surface area contributed by atoms with Gasteiger partial charge >= 0.3 is 0 Å². The molecule has 0 saturated heterocycles. The fraction of sp³-hybridized carbons (Fsp3) is 0.263. The van der Waals surface area contributed by atoms with Gasteiger partial charge in [0.05, 0.1) is 0 Å². The van der Waals surface area contributed by atoms with Crippen LogP contribution in [-0.4, -0.2) is 22.4 Å². The van der Waals surface area contributed by atoms with Gasteiger partial charge in [0, 0.05) is 42.0 Å². The van der Waals surface area contributed by atoms with E-state index < -0.39 is 0 Å². The molecule has 118 valence electrons. The molecule has 0 spiro atoms. The van der Waals surface area contributed by atoms with Crippen molar-refractivity contribution in [2.45, 2.75) is 26.2 Å². The quantitative estimate of drug-likeness (QED) is 0.735. The molecule has 3 rings (SSSR count). The number of hydrogen-bond acceptors (Lipinski definition) is 2. The van der Waals surface area contributed by atoms with Gasteiger partial charge in [-0.05, 0) is 43.0 Å². The molecule has 0 atom stereocenters. The monoisotopic (exact) mass is 307 g/mol. The third-order valence-electron chi connectivity index (χ3n) is 4.06. The molecule has 1 amide bonds. The van der Waals surface area contributed by atoms with Gasteiger partial charge in [-0.2, -0.15) is 0 Å². The molecular weight excluding hydrogens is 286 g/mol. The molecule has 0 radical (unpaired) electrons. The van der Waals surface area contributed by atoms with Gasteiger partial charge in [0.15, 0.2) is 0 Å². The van der Waals surface area contributed by atoms with Gasteiger partial charge in [-0.25, -0.2) is 0 Å². The number of pyridine rings is 1. The highest BCUT2D eigenvalue weighted by Gasteiger charge is 2.06. The van der Waals surface area contributed by atoms with Gasteiger partial charge in [-0.3, -0.25) is 9.78 Å². The highest BCUT2D eigenvalue weighted by atomic mass is 16.1. The first-order chi connectivity index (χ1) is 11.2. The number of H-pyrrole nitrogens is 1. The molecule has 0 fully saturated rings. The van der Waals surface area contributed by atoms with Crippen molar-refractivity contribution in [3.8, 4) is 0 Å². The number of benzene rings is 1. The molecule has 23 heavy (non-hydrogen) atoms. The van der Waals surface area contributed by atoms with E-state index in [4.69, 9.17) is 0 Å².